The van der Waals surface area contributed by atoms with Crippen LogP contribution >= 0.6 is 0 Å². The molecule has 1 fully saturated rings. The van der Waals surface area contributed by atoms with Gasteiger partial charge in [0.2, 0.25) is 0 Å². The lowest BCUT2D eigenvalue weighted by Gasteiger charge is -2.20. The Labute approximate surface area is 143 Å². The third-order valence-corrected chi connectivity index (χ3v) is 4.81. The lowest BCUT2D eigenvalue weighted by Crippen LogP contribution is -2.36. The maximum absolute atomic E-state index is 13.3. The van der Waals surface area contributed by atoms with E-state index in [-0.39, 0.29) is 11.9 Å². The topological polar surface area (TPSA) is 64.6 Å². The van der Waals surface area contributed by atoms with Crippen LogP contribution in [-0.2, 0) is 4.79 Å². The average Bonchev–Trinajstić information content (AvgIpc) is 3.02. The minimum Gasteiger partial charge on any atom is -0.480 e. The number of carboxylic acids is 1. The van der Waals surface area contributed by atoms with Crippen LogP contribution in [0.15, 0.2) is 24.3 Å². The van der Waals surface area contributed by atoms with Gasteiger partial charge in [-0.25, -0.2) is 4.39 Å². The molecule has 0 spiro atoms. The molecule has 1 aromatic carbocycles. The molecule has 1 heterocycles. The van der Waals surface area contributed by atoms with Crippen molar-refractivity contribution in [3.63, 3.8) is 0 Å². The molecular weight excluding hydrogens is 309 g/mol. The summed E-state index contributed by atoms with van der Waals surface area (Å²) in [6.45, 7) is 2.51. The number of unbranched alkanes of at least 4 members (excludes halogenated alkanes) is 2. The zero-order valence-corrected chi connectivity index (χ0v) is 14.5. The molecule has 0 aromatic heterocycles. The van der Waals surface area contributed by atoms with E-state index in [1.807, 2.05) is 18.0 Å². The van der Waals surface area contributed by atoms with Crippen molar-refractivity contribution < 1.29 is 14.3 Å². The molecule has 3 N–H and O–H groups in total. The van der Waals surface area contributed by atoms with Crippen LogP contribution in [0.2, 0.25) is 0 Å². The third-order valence-electron chi connectivity index (χ3n) is 4.81. The van der Waals surface area contributed by atoms with Crippen molar-refractivity contribution in [2.45, 2.75) is 57.2 Å². The van der Waals surface area contributed by atoms with E-state index in [1.54, 1.807) is 19.1 Å². The second-order valence-corrected chi connectivity index (χ2v) is 6.67. The van der Waals surface area contributed by atoms with Gasteiger partial charge >= 0.3 is 5.97 Å². The summed E-state index contributed by atoms with van der Waals surface area (Å²) >= 11 is 0. The van der Waals surface area contributed by atoms with Crippen LogP contribution in [0.1, 0.15) is 50.6 Å². The molecule has 134 valence electrons. The van der Waals surface area contributed by atoms with Gasteiger partial charge in [-0.1, -0.05) is 25.0 Å². The molecule has 0 amide bonds. The number of benzene rings is 1. The second kappa shape index (κ2) is 9.11. The number of rotatable bonds is 9. The van der Waals surface area contributed by atoms with E-state index in [0.717, 1.165) is 44.2 Å². The Balaban J connectivity index is 1.62. The summed E-state index contributed by atoms with van der Waals surface area (Å²) in [5.41, 5.74) is 7.52. The van der Waals surface area contributed by atoms with E-state index < -0.39 is 12.0 Å². The van der Waals surface area contributed by atoms with Gasteiger partial charge in [0.25, 0.3) is 0 Å². The fourth-order valence-electron chi connectivity index (χ4n) is 3.06. The molecule has 1 aliphatic heterocycles. The third kappa shape index (κ3) is 5.54. The summed E-state index contributed by atoms with van der Waals surface area (Å²) in [4.78, 5) is 12.8. The van der Waals surface area contributed by atoms with Crippen molar-refractivity contribution in [3.8, 4) is 0 Å². The van der Waals surface area contributed by atoms with Crippen LogP contribution in [0.5, 0.6) is 0 Å². The van der Waals surface area contributed by atoms with Crippen LogP contribution in [0.4, 0.5) is 4.39 Å². The van der Waals surface area contributed by atoms with E-state index >= 15 is 0 Å². The van der Waals surface area contributed by atoms with E-state index in [2.05, 4.69) is 10.9 Å². The summed E-state index contributed by atoms with van der Waals surface area (Å²) in [6, 6.07) is 6.87. The minimum absolute atomic E-state index is 0.160. The fourth-order valence-corrected chi connectivity index (χ4v) is 3.06. The van der Waals surface area contributed by atoms with Gasteiger partial charge in [0.15, 0.2) is 0 Å². The van der Waals surface area contributed by atoms with Crippen molar-refractivity contribution in [2.75, 3.05) is 13.6 Å². The van der Waals surface area contributed by atoms with Gasteiger partial charge in [-0.3, -0.25) is 20.5 Å². The van der Waals surface area contributed by atoms with Crippen LogP contribution in [0.25, 0.3) is 0 Å². The molecule has 6 heteroatoms. The summed E-state index contributed by atoms with van der Waals surface area (Å²) < 4.78 is 13.3. The smallest absolute Gasteiger partial charge is 0.320 e. The highest BCUT2D eigenvalue weighted by Crippen LogP contribution is 2.25. The van der Waals surface area contributed by atoms with Crippen molar-refractivity contribution in [1.29, 1.82) is 0 Å². The molecule has 3 atom stereocenters. The highest BCUT2D eigenvalue weighted by atomic mass is 19.1. The standard InChI is InChI=1S/C18H28FN3O2/c1-13(18(23)24)22(2)10-5-3-4-9-16-12-17(21-20-16)14-7-6-8-15(19)11-14/h6-8,11,13,16-17,20-21H,3-5,9-10,12H2,1-2H3,(H,23,24). The maximum atomic E-state index is 13.3. The molecule has 0 saturated carbocycles. The van der Waals surface area contributed by atoms with Crippen LogP contribution < -0.4 is 10.9 Å². The number of aliphatic carboxylic acids is 1. The number of hydrazine groups is 1. The Morgan fingerprint density at radius 3 is 2.88 bits per heavy atom. The molecular formula is C18H28FN3O2. The Kier molecular flexibility index (Phi) is 7.15. The molecule has 5 nitrogen and oxygen atoms in total. The molecule has 0 bridgehead atoms. The number of hydrogen-bond acceptors (Lipinski definition) is 4. The minimum atomic E-state index is -0.776. The highest BCUT2D eigenvalue weighted by Gasteiger charge is 2.24. The van der Waals surface area contributed by atoms with E-state index in [9.17, 15) is 9.18 Å². The molecule has 0 radical (unpaired) electrons. The quantitative estimate of drug-likeness (QED) is 0.605. The molecule has 1 aliphatic rings. The van der Waals surface area contributed by atoms with E-state index in [4.69, 9.17) is 5.11 Å². The van der Waals surface area contributed by atoms with E-state index in [0.29, 0.717) is 6.04 Å². The number of nitrogens with zero attached hydrogens (tertiary/aromatic N) is 1. The summed E-state index contributed by atoms with van der Waals surface area (Å²) in [5, 5.41) is 8.95. The first-order chi connectivity index (χ1) is 11.5. The first-order valence-corrected chi connectivity index (χ1v) is 8.67. The maximum Gasteiger partial charge on any atom is 0.320 e. The van der Waals surface area contributed by atoms with Gasteiger partial charge in [0.1, 0.15) is 11.9 Å². The zero-order chi connectivity index (χ0) is 17.5. The number of hydrogen-bond donors (Lipinski definition) is 3. The molecule has 0 aliphatic carbocycles. The van der Waals surface area contributed by atoms with Crippen molar-refractivity contribution in [2.24, 2.45) is 0 Å². The van der Waals surface area contributed by atoms with Gasteiger partial charge in [0.05, 0.1) is 0 Å². The Bertz CT molecular complexity index is 541. The lowest BCUT2D eigenvalue weighted by atomic mass is 9.99. The molecule has 1 aromatic rings. The SMILES string of the molecule is CC(C(=O)O)N(C)CCCCCC1CC(c2cccc(F)c2)NN1. The summed E-state index contributed by atoms with van der Waals surface area (Å²) in [7, 11) is 1.85. The number of carboxylic acid groups (broad SMARTS) is 1. The van der Waals surface area contributed by atoms with E-state index in [1.165, 1.54) is 6.07 Å². The van der Waals surface area contributed by atoms with Crippen molar-refractivity contribution in [1.82, 2.24) is 15.8 Å². The zero-order valence-electron chi connectivity index (χ0n) is 14.5. The summed E-state index contributed by atoms with van der Waals surface area (Å²) in [6.07, 6.45) is 5.21. The Morgan fingerprint density at radius 1 is 1.38 bits per heavy atom. The van der Waals surface area contributed by atoms with Crippen LogP contribution in [0, 0.1) is 5.82 Å². The van der Waals surface area contributed by atoms with Gasteiger partial charge in [-0.2, -0.15) is 0 Å². The molecule has 3 unspecified atom stereocenters. The highest BCUT2D eigenvalue weighted by molar-refractivity contribution is 5.72. The number of nitrogens with one attached hydrogen (secondary N) is 2. The lowest BCUT2D eigenvalue weighted by molar-refractivity contribution is -0.142. The Hall–Kier alpha value is -1.50. The predicted octanol–water partition coefficient (Wildman–Crippen LogP) is 2.70. The predicted molar refractivity (Wildman–Crippen MR) is 92.0 cm³/mol. The Morgan fingerprint density at radius 2 is 2.17 bits per heavy atom. The molecule has 1 saturated heterocycles. The van der Waals surface area contributed by atoms with Gasteiger partial charge < -0.3 is 5.11 Å². The van der Waals surface area contributed by atoms with Crippen molar-refractivity contribution in [3.05, 3.63) is 35.6 Å². The first-order valence-electron chi connectivity index (χ1n) is 8.67. The monoisotopic (exact) mass is 337 g/mol. The number of halogens is 1. The van der Waals surface area contributed by atoms with Crippen LogP contribution in [-0.4, -0.2) is 41.7 Å². The molecule has 2 rings (SSSR count). The summed E-state index contributed by atoms with van der Waals surface area (Å²) in [5.74, 6) is -0.973. The van der Waals surface area contributed by atoms with Crippen molar-refractivity contribution >= 4 is 5.97 Å². The normalized spacial score (nSPS) is 22.0. The fraction of sp³-hybridized carbons (Fsp3) is 0.611. The number of likely N-dealkylation sites (N-methyl/N-ethyl adjacent to an activating group) is 1. The van der Waals surface area contributed by atoms with Crippen LogP contribution in [0.3, 0.4) is 0 Å². The largest absolute Gasteiger partial charge is 0.480 e. The van der Waals surface area contributed by atoms with Gasteiger partial charge in [0, 0.05) is 12.1 Å². The second-order valence-electron chi connectivity index (χ2n) is 6.67. The first kappa shape index (κ1) is 18.8. The van der Waals surface area contributed by atoms with Gasteiger partial charge in [-0.05, 0) is 57.5 Å². The van der Waals surface area contributed by atoms with Gasteiger partial charge in [-0.15, -0.1) is 0 Å². The average molecular weight is 337 g/mol. The molecule has 24 heavy (non-hydrogen) atoms. The number of carbonyl (C=O) groups is 1.